The maximum absolute atomic E-state index is 6.40. The fourth-order valence-corrected chi connectivity index (χ4v) is 6.31. The molecule has 2 nitrogen and oxygen atoms in total. The van der Waals surface area contributed by atoms with E-state index in [9.17, 15) is 0 Å². The Kier molecular flexibility index (Phi) is 5.41. The van der Waals surface area contributed by atoms with Gasteiger partial charge in [0.2, 0.25) is 0 Å². The van der Waals surface area contributed by atoms with Gasteiger partial charge >= 0.3 is 0 Å². The van der Waals surface area contributed by atoms with Crippen molar-refractivity contribution in [2.24, 2.45) is 0 Å². The Morgan fingerprint density at radius 3 is 2.74 bits per heavy atom. The summed E-state index contributed by atoms with van der Waals surface area (Å²) >= 11 is 4.25. The summed E-state index contributed by atoms with van der Waals surface area (Å²) in [5.74, 6) is 4.00. The molecule has 0 aromatic heterocycles. The van der Waals surface area contributed by atoms with Gasteiger partial charge in [0.25, 0.3) is 0 Å². The number of thioether (sulfide) groups is 2. The van der Waals surface area contributed by atoms with Gasteiger partial charge in [-0.15, -0.1) is 0 Å². The van der Waals surface area contributed by atoms with E-state index >= 15 is 0 Å². The van der Waals surface area contributed by atoms with E-state index in [1.165, 1.54) is 68.7 Å². The molecule has 2 aliphatic heterocycles. The minimum Gasteiger partial charge on any atom is -0.370 e. The topological polar surface area (TPSA) is 21.3 Å². The van der Waals surface area contributed by atoms with Crippen LogP contribution in [0, 0.1) is 0 Å². The lowest BCUT2D eigenvalue weighted by atomic mass is 9.83. The number of nitrogens with one attached hydrogen (secondary N) is 1. The fraction of sp³-hybridized carbons (Fsp3) is 1.00. The molecule has 2 saturated heterocycles. The molecule has 2 atom stereocenters. The molecule has 0 aromatic carbocycles. The van der Waals surface area contributed by atoms with Gasteiger partial charge in [-0.3, -0.25) is 0 Å². The number of rotatable bonds is 4. The molecular weight excluding hydrogens is 274 g/mol. The van der Waals surface area contributed by atoms with E-state index in [4.69, 9.17) is 4.74 Å². The van der Waals surface area contributed by atoms with Gasteiger partial charge < -0.3 is 10.1 Å². The molecule has 0 radical (unpaired) electrons. The highest BCUT2D eigenvalue weighted by Gasteiger charge is 2.40. The second kappa shape index (κ2) is 7.06. The first-order valence-corrected chi connectivity index (χ1v) is 10.1. The van der Waals surface area contributed by atoms with E-state index in [1.54, 1.807) is 0 Å². The molecule has 19 heavy (non-hydrogen) atoms. The standard InChI is InChI=1S/C15H27NOS2/c1-2-5-15(6-3-1)7-4-13(17-15)10-16-11-14-12-18-8-9-19-14/h13-14,16H,1-12H2. The molecule has 0 amide bonds. The van der Waals surface area contributed by atoms with Crippen LogP contribution in [0.1, 0.15) is 44.9 Å². The predicted molar refractivity (Wildman–Crippen MR) is 86.4 cm³/mol. The van der Waals surface area contributed by atoms with E-state index in [0.717, 1.165) is 11.8 Å². The van der Waals surface area contributed by atoms with Gasteiger partial charge in [-0.05, 0) is 25.7 Å². The summed E-state index contributed by atoms with van der Waals surface area (Å²) in [7, 11) is 0. The molecule has 0 bridgehead atoms. The number of hydrogen-bond acceptors (Lipinski definition) is 4. The van der Waals surface area contributed by atoms with Crippen LogP contribution in [0.2, 0.25) is 0 Å². The molecule has 1 N–H and O–H groups in total. The highest BCUT2D eigenvalue weighted by atomic mass is 32.2. The van der Waals surface area contributed by atoms with Crippen LogP contribution in [0.3, 0.4) is 0 Å². The normalized spacial score (nSPS) is 34.7. The van der Waals surface area contributed by atoms with Crippen LogP contribution in [0.5, 0.6) is 0 Å². The molecule has 2 unspecified atom stereocenters. The van der Waals surface area contributed by atoms with Crippen molar-refractivity contribution in [3.8, 4) is 0 Å². The monoisotopic (exact) mass is 301 g/mol. The van der Waals surface area contributed by atoms with Crippen LogP contribution in [0.25, 0.3) is 0 Å². The molecule has 110 valence electrons. The average molecular weight is 302 g/mol. The van der Waals surface area contributed by atoms with Gasteiger partial charge in [0.05, 0.1) is 11.7 Å². The largest absolute Gasteiger partial charge is 0.370 e. The lowest BCUT2D eigenvalue weighted by molar-refractivity contribution is -0.0622. The zero-order valence-corrected chi connectivity index (χ0v) is 13.5. The molecular formula is C15H27NOS2. The molecule has 3 rings (SSSR count). The highest BCUT2D eigenvalue weighted by molar-refractivity contribution is 8.06. The van der Waals surface area contributed by atoms with Crippen LogP contribution in [-0.4, -0.2) is 47.3 Å². The fourth-order valence-electron chi connectivity index (χ4n) is 3.66. The van der Waals surface area contributed by atoms with Crippen LogP contribution in [0.4, 0.5) is 0 Å². The number of hydrogen-bond donors (Lipinski definition) is 1. The van der Waals surface area contributed by atoms with Crippen LogP contribution >= 0.6 is 23.5 Å². The summed E-state index contributed by atoms with van der Waals surface area (Å²) in [5, 5.41) is 4.48. The second-order valence-corrected chi connectivity index (χ2v) is 8.81. The Hall–Kier alpha value is 0.620. The van der Waals surface area contributed by atoms with Gasteiger partial charge in [-0.25, -0.2) is 0 Å². The van der Waals surface area contributed by atoms with E-state index in [0.29, 0.717) is 11.7 Å². The molecule has 0 aromatic rings. The molecule has 3 fully saturated rings. The summed E-state index contributed by atoms with van der Waals surface area (Å²) in [6.07, 6.45) is 9.90. The minimum absolute atomic E-state index is 0.292. The van der Waals surface area contributed by atoms with Crippen molar-refractivity contribution < 1.29 is 4.74 Å². The Bertz CT molecular complexity index is 275. The van der Waals surface area contributed by atoms with Crippen molar-refractivity contribution in [2.45, 2.75) is 61.9 Å². The van der Waals surface area contributed by atoms with Gasteiger partial charge in [0.15, 0.2) is 0 Å². The minimum atomic E-state index is 0.292. The Balaban J connectivity index is 1.35. The van der Waals surface area contributed by atoms with Crippen molar-refractivity contribution in [3.05, 3.63) is 0 Å². The van der Waals surface area contributed by atoms with Crippen molar-refractivity contribution in [1.82, 2.24) is 5.32 Å². The first-order valence-electron chi connectivity index (χ1n) is 7.94. The first-order chi connectivity index (χ1) is 9.36. The summed E-state index contributed by atoms with van der Waals surface area (Å²) < 4.78 is 6.40. The summed E-state index contributed by atoms with van der Waals surface area (Å²) in [5.41, 5.74) is 0.292. The summed E-state index contributed by atoms with van der Waals surface area (Å²) in [4.78, 5) is 0. The Morgan fingerprint density at radius 1 is 1.05 bits per heavy atom. The second-order valence-electron chi connectivity index (χ2n) is 6.25. The van der Waals surface area contributed by atoms with Gasteiger partial charge in [0.1, 0.15) is 0 Å². The van der Waals surface area contributed by atoms with E-state index in [1.807, 2.05) is 0 Å². The van der Waals surface area contributed by atoms with E-state index in [-0.39, 0.29) is 0 Å². The quantitative estimate of drug-likeness (QED) is 0.859. The van der Waals surface area contributed by atoms with E-state index < -0.39 is 0 Å². The Labute approximate surface area is 126 Å². The summed E-state index contributed by atoms with van der Waals surface area (Å²) in [6.45, 7) is 2.24. The lowest BCUT2D eigenvalue weighted by Gasteiger charge is -2.33. The smallest absolute Gasteiger partial charge is 0.0708 e. The zero-order chi connectivity index (χ0) is 13.0. The molecule has 1 saturated carbocycles. The van der Waals surface area contributed by atoms with Crippen LogP contribution < -0.4 is 5.32 Å². The SMILES string of the molecule is C1CCC2(CC1)CCC(CNCC1CSCCS1)O2. The maximum atomic E-state index is 6.40. The molecule has 1 aliphatic carbocycles. The third-order valence-electron chi connectivity index (χ3n) is 4.73. The first kappa shape index (κ1) is 14.6. The number of ether oxygens (including phenoxy) is 1. The summed E-state index contributed by atoms with van der Waals surface area (Å²) in [6, 6.07) is 0. The Morgan fingerprint density at radius 2 is 1.95 bits per heavy atom. The van der Waals surface area contributed by atoms with Gasteiger partial charge in [0, 0.05) is 35.6 Å². The van der Waals surface area contributed by atoms with Crippen molar-refractivity contribution in [1.29, 1.82) is 0 Å². The molecule has 2 heterocycles. The van der Waals surface area contributed by atoms with E-state index in [2.05, 4.69) is 28.8 Å². The molecule has 1 spiro atoms. The van der Waals surface area contributed by atoms with Crippen LogP contribution in [-0.2, 0) is 4.74 Å². The molecule has 3 aliphatic rings. The third kappa shape index (κ3) is 4.05. The maximum Gasteiger partial charge on any atom is 0.0708 e. The lowest BCUT2D eigenvalue weighted by Crippen LogP contribution is -2.37. The highest BCUT2D eigenvalue weighted by Crippen LogP contribution is 2.41. The zero-order valence-electron chi connectivity index (χ0n) is 11.9. The van der Waals surface area contributed by atoms with Crippen molar-refractivity contribution >= 4 is 23.5 Å². The van der Waals surface area contributed by atoms with Crippen molar-refractivity contribution in [3.63, 3.8) is 0 Å². The average Bonchev–Trinajstić information content (AvgIpc) is 2.84. The van der Waals surface area contributed by atoms with Gasteiger partial charge in [-0.1, -0.05) is 19.3 Å². The van der Waals surface area contributed by atoms with Gasteiger partial charge in [-0.2, -0.15) is 23.5 Å². The predicted octanol–water partition coefficient (Wildman–Crippen LogP) is 3.31. The third-order valence-corrected chi connectivity index (χ3v) is 7.58. The molecule has 4 heteroatoms. The van der Waals surface area contributed by atoms with Crippen LogP contribution in [0.15, 0.2) is 0 Å². The van der Waals surface area contributed by atoms with Crippen molar-refractivity contribution in [2.75, 3.05) is 30.3 Å².